The monoisotopic (exact) mass is 360 g/mol. The average Bonchev–Trinajstić information content (AvgIpc) is 2.75. The standard InChI is InChI=1S/C27H20O/c28-27-22(18-21-12-5-10-19-8-1-3-14-23(19)21)13-7-17-26(27)25-16-6-11-20-9-2-4-15-24(20)25/h1-17,28H,18H2. The van der Waals surface area contributed by atoms with Crippen LogP contribution in [-0.2, 0) is 6.42 Å². The van der Waals surface area contributed by atoms with E-state index in [1.165, 1.54) is 21.7 Å². The van der Waals surface area contributed by atoms with E-state index in [9.17, 15) is 5.11 Å². The van der Waals surface area contributed by atoms with E-state index in [0.717, 1.165) is 22.1 Å². The van der Waals surface area contributed by atoms with Gasteiger partial charge < -0.3 is 5.11 Å². The van der Waals surface area contributed by atoms with Crippen LogP contribution < -0.4 is 0 Å². The van der Waals surface area contributed by atoms with Crippen LogP contribution in [0.5, 0.6) is 5.75 Å². The molecule has 0 bridgehead atoms. The van der Waals surface area contributed by atoms with Crippen molar-refractivity contribution in [3.63, 3.8) is 0 Å². The minimum absolute atomic E-state index is 0.367. The molecule has 0 amide bonds. The van der Waals surface area contributed by atoms with Gasteiger partial charge in [-0.25, -0.2) is 0 Å². The Balaban J connectivity index is 1.63. The molecule has 5 aromatic carbocycles. The molecule has 0 aromatic heterocycles. The van der Waals surface area contributed by atoms with Crippen LogP contribution in [0.25, 0.3) is 32.7 Å². The molecule has 134 valence electrons. The zero-order chi connectivity index (χ0) is 18.9. The highest BCUT2D eigenvalue weighted by atomic mass is 16.3. The van der Waals surface area contributed by atoms with E-state index >= 15 is 0 Å². The molecule has 0 atom stereocenters. The van der Waals surface area contributed by atoms with Gasteiger partial charge in [-0.2, -0.15) is 0 Å². The topological polar surface area (TPSA) is 20.2 Å². The summed E-state index contributed by atoms with van der Waals surface area (Å²) in [7, 11) is 0. The quantitative estimate of drug-likeness (QED) is 0.369. The number of aromatic hydroxyl groups is 1. The minimum atomic E-state index is 0.367. The van der Waals surface area contributed by atoms with Crippen LogP contribution in [0.2, 0.25) is 0 Å². The first-order valence-corrected chi connectivity index (χ1v) is 9.57. The third-order valence-electron chi connectivity index (χ3n) is 5.46. The lowest BCUT2D eigenvalue weighted by molar-refractivity contribution is 0.471. The zero-order valence-electron chi connectivity index (χ0n) is 15.5. The molecule has 0 radical (unpaired) electrons. The maximum absolute atomic E-state index is 11.1. The molecule has 1 heteroatoms. The molecule has 0 aliphatic heterocycles. The number of rotatable bonds is 3. The predicted molar refractivity (Wildman–Crippen MR) is 118 cm³/mol. The summed E-state index contributed by atoms with van der Waals surface area (Å²) in [6, 6.07) is 35.4. The van der Waals surface area contributed by atoms with Gasteiger partial charge in [-0.15, -0.1) is 0 Å². The highest BCUT2D eigenvalue weighted by molar-refractivity contribution is 5.98. The van der Waals surface area contributed by atoms with E-state index in [4.69, 9.17) is 0 Å². The Labute approximate surface area is 164 Å². The van der Waals surface area contributed by atoms with Crippen LogP contribution in [0.4, 0.5) is 0 Å². The number of fused-ring (bicyclic) bond motifs is 2. The van der Waals surface area contributed by atoms with E-state index < -0.39 is 0 Å². The smallest absolute Gasteiger partial charge is 0.126 e. The molecule has 0 unspecified atom stereocenters. The van der Waals surface area contributed by atoms with Crippen molar-refractivity contribution in [1.29, 1.82) is 0 Å². The molecule has 28 heavy (non-hydrogen) atoms. The lowest BCUT2D eigenvalue weighted by Gasteiger charge is -2.13. The molecular weight excluding hydrogens is 340 g/mol. The summed E-state index contributed by atoms with van der Waals surface area (Å²) in [6.07, 6.45) is 0.700. The molecule has 1 nitrogen and oxygen atoms in total. The number of benzene rings is 5. The van der Waals surface area contributed by atoms with Crippen LogP contribution in [-0.4, -0.2) is 5.11 Å². The van der Waals surface area contributed by atoms with Crippen LogP contribution in [0.15, 0.2) is 103 Å². The maximum Gasteiger partial charge on any atom is 0.126 e. The van der Waals surface area contributed by atoms with Gasteiger partial charge in [0.1, 0.15) is 5.75 Å². The van der Waals surface area contributed by atoms with Crippen molar-refractivity contribution in [1.82, 2.24) is 0 Å². The molecule has 5 rings (SSSR count). The van der Waals surface area contributed by atoms with Crippen LogP contribution in [0.3, 0.4) is 0 Å². The van der Waals surface area contributed by atoms with Crippen LogP contribution in [0.1, 0.15) is 11.1 Å². The largest absolute Gasteiger partial charge is 0.507 e. The lowest BCUT2D eigenvalue weighted by Crippen LogP contribution is -1.92. The summed E-state index contributed by atoms with van der Waals surface area (Å²) in [6.45, 7) is 0. The second kappa shape index (κ2) is 6.86. The number of phenolic OH excluding ortho intramolecular Hbond substituents is 1. The molecular formula is C27H20O. The summed E-state index contributed by atoms with van der Waals surface area (Å²) in [5, 5.41) is 15.9. The molecule has 0 aliphatic rings. The Hall–Kier alpha value is -3.58. The SMILES string of the molecule is Oc1c(Cc2cccc3ccccc23)cccc1-c1cccc2ccccc12. The van der Waals surface area contributed by atoms with Crippen molar-refractivity contribution in [2.75, 3.05) is 0 Å². The highest BCUT2D eigenvalue weighted by Crippen LogP contribution is 2.37. The zero-order valence-corrected chi connectivity index (χ0v) is 15.5. The Bertz CT molecular complexity index is 1290. The molecule has 0 spiro atoms. The first kappa shape index (κ1) is 16.6. The van der Waals surface area contributed by atoms with Gasteiger partial charge in [0.05, 0.1) is 0 Å². The summed E-state index contributed by atoms with van der Waals surface area (Å²) >= 11 is 0. The molecule has 0 saturated heterocycles. The minimum Gasteiger partial charge on any atom is -0.507 e. The average molecular weight is 360 g/mol. The van der Waals surface area contributed by atoms with Crippen molar-refractivity contribution in [3.8, 4) is 16.9 Å². The van der Waals surface area contributed by atoms with Gasteiger partial charge >= 0.3 is 0 Å². The normalized spacial score (nSPS) is 11.1. The summed E-state index contributed by atoms with van der Waals surface area (Å²) in [5.41, 5.74) is 4.12. The first-order valence-electron chi connectivity index (χ1n) is 9.57. The van der Waals surface area contributed by atoms with Crippen molar-refractivity contribution >= 4 is 21.5 Å². The van der Waals surface area contributed by atoms with E-state index in [-0.39, 0.29) is 0 Å². The van der Waals surface area contributed by atoms with Crippen LogP contribution >= 0.6 is 0 Å². The number of para-hydroxylation sites is 1. The van der Waals surface area contributed by atoms with Gasteiger partial charge in [-0.3, -0.25) is 0 Å². The Morgan fingerprint density at radius 3 is 1.82 bits per heavy atom. The van der Waals surface area contributed by atoms with Crippen molar-refractivity contribution < 1.29 is 5.11 Å². The van der Waals surface area contributed by atoms with E-state index in [2.05, 4.69) is 72.8 Å². The predicted octanol–water partition coefficient (Wildman–Crippen LogP) is 6.96. The van der Waals surface area contributed by atoms with Crippen molar-refractivity contribution in [2.45, 2.75) is 6.42 Å². The maximum atomic E-state index is 11.1. The fourth-order valence-corrected chi connectivity index (χ4v) is 4.06. The Morgan fingerprint density at radius 2 is 1.00 bits per heavy atom. The van der Waals surface area contributed by atoms with Crippen molar-refractivity contribution in [2.24, 2.45) is 0 Å². The molecule has 5 aromatic rings. The van der Waals surface area contributed by atoms with E-state index in [1.807, 2.05) is 30.3 Å². The molecule has 1 N–H and O–H groups in total. The van der Waals surface area contributed by atoms with Gasteiger partial charge in [0.25, 0.3) is 0 Å². The third-order valence-corrected chi connectivity index (χ3v) is 5.46. The van der Waals surface area contributed by atoms with E-state index in [1.54, 1.807) is 0 Å². The van der Waals surface area contributed by atoms with E-state index in [0.29, 0.717) is 12.2 Å². The third kappa shape index (κ3) is 2.82. The fourth-order valence-electron chi connectivity index (χ4n) is 4.06. The summed E-state index contributed by atoms with van der Waals surface area (Å²) < 4.78 is 0. The number of hydrogen-bond donors (Lipinski definition) is 1. The number of hydrogen-bond acceptors (Lipinski definition) is 1. The Kier molecular flexibility index (Phi) is 4.06. The number of phenols is 1. The Morgan fingerprint density at radius 1 is 0.464 bits per heavy atom. The van der Waals surface area contributed by atoms with Gasteiger partial charge in [-0.1, -0.05) is 103 Å². The van der Waals surface area contributed by atoms with Gasteiger partial charge in [0.15, 0.2) is 0 Å². The lowest BCUT2D eigenvalue weighted by atomic mass is 9.93. The second-order valence-corrected chi connectivity index (χ2v) is 7.16. The molecule has 0 saturated carbocycles. The van der Waals surface area contributed by atoms with Crippen molar-refractivity contribution in [3.05, 3.63) is 114 Å². The molecule has 0 fully saturated rings. The summed E-state index contributed by atoms with van der Waals surface area (Å²) in [4.78, 5) is 0. The van der Waals surface area contributed by atoms with Gasteiger partial charge in [0, 0.05) is 12.0 Å². The van der Waals surface area contributed by atoms with Gasteiger partial charge in [-0.05, 0) is 38.2 Å². The highest BCUT2D eigenvalue weighted by Gasteiger charge is 2.13. The molecule has 0 aliphatic carbocycles. The molecule has 0 heterocycles. The second-order valence-electron chi connectivity index (χ2n) is 7.16. The fraction of sp³-hybridized carbons (Fsp3) is 0.0370. The first-order chi connectivity index (χ1) is 13.8. The summed E-state index contributed by atoms with van der Waals surface area (Å²) in [5.74, 6) is 0.367. The van der Waals surface area contributed by atoms with Gasteiger partial charge in [0.2, 0.25) is 0 Å². The van der Waals surface area contributed by atoms with Crippen LogP contribution in [0, 0.1) is 0 Å².